The summed E-state index contributed by atoms with van der Waals surface area (Å²) < 4.78 is 23.7. The zero-order valence-electron chi connectivity index (χ0n) is 8.08. The van der Waals surface area contributed by atoms with Crippen LogP contribution < -0.4 is 10.6 Å². The molecule has 4 heteroatoms. The fraction of sp³-hybridized carbons (Fsp3) is 1.00. The van der Waals surface area contributed by atoms with Crippen molar-refractivity contribution in [3.63, 3.8) is 0 Å². The van der Waals surface area contributed by atoms with E-state index in [0.717, 1.165) is 13.0 Å². The molecule has 13 heavy (non-hydrogen) atoms. The minimum atomic E-state index is -2.24. The van der Waals surface area contributed by atoms with Crippen LogP contribution in [0.25, 0.3) is 0 Å². The Morgan fingerprint density at radius 3 is 2.77 bits per heavy atom. The van der Waals surface area contributed by atoms with Crippen molar-refractivity contribution in [1.29, 1.82) is 0 Å². The van der Waals surface area contributed by atoms with Crippen LogP contribution in [-0.4, -0.2) is 31.6 Å². The quantitative estimate of drug-likeness (QED) is 0.703. The fourth-order valence-corrected chi connectivity index (χ4v) is 1.73. The molecule has 2 nitrogen and oxygen atoms in total. The van der Waals surface area contributed by atoms with Crippen LogP contribution in [0.2, 0.25) is 0 Å². The molecule has 0 aromatic rings. The van der Waals surface area contributed by atoms with E-state index >= 15 is 0 Å². The highest BCUT2D eigenvalue weighted by Gasteiger charge is 2.25. The van der Waals surface area contributed by atoms with Gasteiger partial charge in [0, 0.05) is 12.1 Å². The predicted molar refractivity (Wildman–Crippen MR) is 49.1 cm³/mol. The minimum absolute atomic E-state index is 0.0210. The molecule has 1 rings (SSSR count). The van der Waals surface area contributed by atoms with Crippen molar-refractivity contribution < 1.29 is 8.78 Å². The molecule has 78 valence electrons. The van der Waals surface area contributed by atoms with Gasteiger partial charge in [-0.1, -0.05) is 6.42 Å². The maximum Gasteiger partial charge on any atom is 0.250 e. The number of halogens is 2. The first-order valence-electron chi connectivity index (χ1n) is 4.86. The molecule has 0 aliphatic carbocycles. The summed E-state index contributed by atoms with van der Waals surface area (Å²) in [6.07, 6.45) is 1.22. The molecule has 1 aliphatic rings. The number of nitrogens with one attached hydrogen (secondary N) is 2. The molecule has 1 fully saturated rings. The summed E-state index contributed by atoms with van der Waals surface area (Å²) in [5.41, 5.74) is 0.0210. The summed E-state index contributed by atoms with van der Waals surface area (Å²) in [4.78, 5) is 0. The monoisotopic (exact) mass is 192 g/mol. The van der Waals surface area contributed by atoms with Gasteiger partial charge in [0.1, 0.15) is 0 Å². The summed E-state index contributed by atoms with van der Waals surface area (Å²) in [5, 5.41) is 6.14. The van der Waals surface area contributed by atoms with Crippen molar-refractivity contribution in [2.45, 2.75) is 38.2 Å². The topological polar surface area (TPSA) is 24.1 Å². The van der Waals surface area contributed by atoms with E-state index in [0.29, 0.717) is 6.54 Å². The van der Waals surface area contributed by atoms with Gasteiger partial charge >= 0.3 is 0 Å². The Balaban J connectivity index is 2.17. The molecule has 0 bridgehead atoms. The molecule has 1 unspecified atom stereocenters. The Bertz CT molecular complexity index is 145. The van der Waals surface area contributed by atoms with Crippen molar-refractivity contribution in [1.82, 2.24) is 10.6 Å². The van der Waals surface area contributed by atoms with Crippen LogP contribution in [0, 0.1) is 0 Å². The Hall–Kier alpha value is -0.220. The lowest BCUT2D eigenvalue weighted by Crippen LogP contribution is -2.53. The first-order chi connectivity index (χ1) is 6.12. The summed E-state index contributed by atoms with van der Waals surface area (Å²) >= 11 is 0. The fourth-order valence-electron chi connectivity index (χ4n) is 1.73. The molecule has 0 spiro atoms. The van der Waals surface area contributed by atoms with E-state index in [9.17, 15) is 8.78 Å². The van der Waals surface area contributed by atoms with E-state index in [1.165, 1.54) is 12.8 Å². The second kappa shape index (κ2) is 4.86. The van der Waals surface area contributed by atoms with Crippen molar-refractivity contribution >= 4 is 0 Å². The smallest absolute Gasteiger partial charge is 0.250 e. The van der Waals surface area contributed by atoms with Crippen LogP contribution in [0.4, 0.5) is 8.78 Å². The number of rotatable bonds is 4. The number of hydrogen-bond donors (Lipinski definition) is 2. The van der Waals surface area contributed by atoms with E-state index in [4.69, 9.17) is 0 Å². The highest BCUT2D eigenvalue weighted by molar-refractivity contribution is 4.88. The van der Waals surface area contributed by atoms with Crippen molar-refractivity contribution in [2.75, 3.05) is 19.6 Å². The van der Waals surface area contributed by atoms with Crippen molar-refractivity contribution in [3.8, 4) is 0 Å². The summed E-state index contributed by atoms with van der Waals surface area (Å²) in [6.45, 7) is 3.53. The third-order valence-electron chi connectivity index (χ3n) is 2.52. The zero-order valence-corrected chi connectivity index (χ0v) is 8.08. The Labute approximate surface area is 78.1 Å². The molecule has 1 aliphatic heterocycles. The average molecular weight is 192 g/mol. The third kappa shape index (κ3) is 4.00. The van der Waals surface area contributed by atoms with Crippen LogP contribution in [0.3, 0.4) is 0 Å². The Morgan fingerprint density at radius 2 is 2.23 bits per heavy atom. The summed E-state index contributed by atoms with van der Waals surface area (Å²) in [6, 6.07) is 0. The van der Waals surface area contributed by atoms with Crippen LogP contribution in [0.1, 0.15) is 26.2 Å². The van der Waals surface area contributed by atoms with Gasteiger partial charge in [0.15, 0.2) is 0 Å². The van der Waals surface area contributed by atoms with Crippen LogP contribution in [0.5, 0.6) is 0 Å². The highest BCUT2D eigenvalue weighted by Crippen LogP contribution is 2.17. The Kier molecular flexibility index (Phi) is 4.06. The van der Waals surface area contributed by atoms with Gasteiger partial charge in [-0.25, -0.2) is 8.78 Å². The van der Waals surface area contributed by atoms with E-state index in [-0.39, 0.29) is 12.1 Å². The van der Waals surface area contributed by atoms with Crippen molar-refractivity contribution in [2.24, 2.45) is 0 Å². The molecule has 1 saturated heterocycles. The highest BCUT2D eigenvalue weighted by atomic mass is 19.3. The maximum atomic E-state index is 11.8. The largest absolute Gasteiger partial charge is 0.310 e. The molecule has 1 heterocycles. The molecule has 0 saturated carbocycles. The third-order valence-corrected chi connectivity index (χ3v) is 2.52. The molecule has 0 amide bonds. The second-order valence-corrected chi connectivity index (χ2v) is 3.97. The number of alkyl halides is 2. The number of hydrogen-bond acceptors (Lipinski definition) is 2. The van der Waals surface area contributed by atoms with Gasteiger partial charge in [0.05, 0.1) is 6.54 Å². The predicted octanol–water partition coefficient (Wildman–Crippen LogP) is 1.37. The van der Waals surface area contributed by atoms with Gasteiger partial charge in [-0.05, 0) is 26.3 Å². The van der Waals surface area contributed by atoms with Crippen LogP contribution in [-0.2, 0) is 0 Å². The van der Waals surface area contributed by atoms with E-state index in [2.05, 4.69) is 17.6 Å². The van der Waals surface area contributed by atoms with E-state index < -0.39 is 6.43 Å². The molecule has 1 atom stereocenters. The first kappa shape index (κ1) is 10.9. The van der Waals surface area contributed by atoms with Gasteiger partial charge in [0.2, 0.25) is 0 Å². The SMILES string of the molecule is CC1(CNCC(F)F)CCCCN1. The second-order valence-electron chi connectivity index (χ2n) is 3.97. The molecular formula is C9H18F2N2. The zero-order chi connectivity index (χ0) is 9.73. The van der Waals surface area contributed by atoms with Crippen LogP contribution >= 0.6 is 0 Å². The van der Waals surface area contributed by atoms with Gasteiger partial charge in [-0.2, -0.15) is 0 Å². The lowest BCUT2D eigenvalue weighted by molar-refractivity contribution is 0.140. The lowest BCUT2D eigenvalue weighted by atomic mass is 9.91. The molecule has 0 radical (unpaired) electrons. The minimum Gasteiger partial charge on any atom is -0.310 e. The van der Waals surface area contributed by atoms with Crippen molar-refractivity contribution in [3.05, 3.63) is 0 Å². The average Bonchev–Trinajstić information content (AvgIpc) is 2.04. The summed E-state index contributed by atoms with van der Waals surface area (Å²) in [7, 11) is 0. The van der Waals surface area contributed by atoms with Gasteiger partial charge in [0.25, 0.3) is 6.43 Å². The van der Waals surface area contributed by atoms with Gasteiger partial charge in [-0.3, -0.25) is 0 Å². The maximum absolute atomic E-state index is 11.8. The first-order valence-corrected chi connectivity index (χ1v) is 4.86. The molecular weight excluding hydrogens is 174 g/mol. The molecule has 2 N–H and O–H groups in total. The normalized spacial score (nSPS) is 29.5. The summed E-state index contributed by atoms with van der Waals surface area (Å²) in [5.74, 6) is 0. The van der Waals surface area contributed by atoms with Gasteiger partial charge in [-0.15, -0.1) is 0 Å². The lowest BCUT2D eigenvalue weighted by Gasteiger charge is -2.35. The van der Waals surface area contributed by atoms with Crippen LogP contribution in [0.15, 0.2) is 0 Å². The van der Waals surface area contributed by atoms with E-state index in [1.807, 2.05) is 0 Å². The molecule has 0 aromatic heterocycles. The Morgan fingerprint density at radius 1 is 1.46 bits per heavy atom. The van der Waals surface area contributed by atoms with E-state index in [1.54, 1.807) is 0 Å². The van der Waals surface area contributed by atoms with Gasteiger partial charge < -0.3 is 10.6 Å². The molecule has 0 aromatic carbocycles. The number of piperidine rings is 1. The standard InChI is InChI=1S/C9H18F2N2/c1-9(4-2-3-5-13-9)7-12-6-8(10)11/h8,12-13H,2-7H2,1H3.